The number of halogens is 1. The molecule has 0 amide bonds. The molecule has 4 rings (SSSR count). The number of benzene rings is 2. The van der Waals surface area contributed by atoms with Gasteiger partial charge in [0.1, 0.15) is 0 Å². The van der Waals surface area contributed by atoms with Crippen LogP contribution in [0, 0.1) is 0 Å². The molecule has 2 heterocycles. The van der Waals surface area contributed by atoms with Crippen LogP contribution in [0.3, 0.4) is 0 Å². The van der Waals surface area contributed by atoms with Crippen LogP contribution >= 0.6 is 15.9 Å². The van der Waals surface area contributed by atoms with Crippen LogP contribution in [0.5, 0.6) is 0 Å². The molecule has 0 atom stereocenters. The zero-order valence-electron chi connectivity index (χ0n) is 15.1. The number of para-hydroxylation sites is 1. The van der Waals surface area contributed by atoms with Gasteiger partial charge in [-0.15, -0.1) is 0 Å². The molecule has 1 aromatic heterocycles. The minimum atomic E-state index is 0.788. The summed E-state index contributed by atoms with van der Waals surface area (Å²) in [7, 11) is 2.12. The summed E-state index contributed by atoms with van der Waals surface area (Å²) in [6.07, 6.45) is 7.96. The standard InChI is InChI=1S/C23H20BrN3/c1-27-14-13-26-22(21-7-2-3-8-23(21)27)10-9-18-16-25-12-11-20(18)17-5-4-6-19(24)15-17/h2-12,15-16H,13-14H2,1H3. The Morgan fingerprint density at radius 1 is 1.00 bits per heavy atom. The lowest BCUT2D eigenvalue weighted by molar-refractivity contribution is 0.897. The normalized spacial score (nSPS) is 14.0. The quantitative estimate of drug-likeness (QED) is 0.565. The number of nitrogens with zero attached hydrogens (tertiary/aromatic N) is 3. The highest BCUT2D eigenvalue weighted by atomic mass is 79.9. The Morgan fingerprint density at radius 3 is 2.78 bits per heavy atom. The molecule has 4 heteroatoms. The molecule has 0 radical (unpaired) electrons. The monoisotopic (exact) mass is 417 g/mol. The Hall–Kier alpha value is -2.72. The molecule has 1 aliphatic rings. The van der Waals surface area contributed by atoms with E-state index in [0.29, 0.717) is 0 Å². The molecule has 0 spiro atoms. The van der Waals surface area contributed by atoms with E-state index >= 15 is 0 Å². The second-order valence-corrected chi connectivity index (χ2v) is 7.43. The molecule has 2 aromatic carbocycles. The lowest BCUT2D eigenvalue weighted by Crippen LogP contribution is -2.20. The van der Waals surface area contributed by atoms with E-state index in [1.54, 1.807) is 0 Å². The molecule has 1 aliphatic heterocycles. The summed E-state index contributed by atoms with van der Waals surface area (Å²) in [6.45, 7) is 1.71. The highest BCUT2D eigenvalue weighted by Gasteiger charge is 2.14. The van der Waals surface area contributed by atoms with Crippen molar-refractivity contribution in [2.75, 3.05) is 25.0 Å². The van der Waals surface area contributed by atoms with Gasteiger partial charge in [0, 0.05) is 47.3 Å². The molecule has 27 heavy (non-hydrogen) atoms. The van der Waals surface area contributed by atoms with Gasteiger partial charge in [-0.3, -0.25) is 9.98 Å². The minimum Gasteiger partial charge on any atom is -0.372 e. The molecule has 0 unspecified atom stereocenters. The van der Waals surface area contributed by atoms with Gasteiger partial charge in [0.05, 0.1) is 12.3 Å². The van der Waals surface area contributed by atoms with Gasteiger partial charge in [-0.25, -0.2) is 0 Å². The SMILES string of the molecule is CN1CCN=C(C=Cc2cnccc2-c2cccc(Br)c2)c2ccccc21. The van der Waals surface area contributed by atoms with Crippen molar-refractivity contribution >= 4 is 33.4 Å². The molecule has 3 aromatic rings. The van der Waals surface area contributed by atoms with Crippen LogP contribution in [0.4, 0.5) is 5.69 Å². The molecule has 0 aliphatic carbocycles. The second kappa shape index (κ2) is 7.89. The Kier molecular flexibility index (Phi) is 5.16. The first-order chi connectivity index (χ1) is 13.2. The first-order valence-corrected chi connectivity index (χ1v) is 9.75. The predicted molar refractivity (Wildman–Crippen MR) is 118 cm³/mol. The van der Waals surface area contributed by atoms with Crippen molar-refractivity contribution in [2.45, 2.75) is 0 Å². The molecule has 3 nitrogen and oxygen atoms in total. The Balaban J connectivity index is 1.72. The third-order valence-corrected chi connectivity index (χ3v) is 5.21. The first-order valence-electron chi connectivity index (χ1n) is 8.95. The lowest BCUT2D eigenvalue weighted by Gasteiger charge is -2.18. The first kappa shape index (κ1) is 17.7. The minimum absolute atomic E-state index is 0.788. The maximum Gasteiger partial charge on any atom is 0.0668 e. The van der Waals surface area contributed by atoms with E-state index in [4.69, 9.17) is 4.99 Å². The fourth-order valence-corrected chi connectivity index (χ4v) is 3.72. The summed E-state index contributed by atoms with van der Waals surface area (Å²) in [4.78, 5) is 11.4. The number of aliphatic imine (C=N–C) groups is 1. The molecule has 0 saturated carbocycles. The van der Waals surface area contributed by atoms with Gasteiger partial charge in [-0.1, -0.05) is 52.3 Å². The zero-order chi connectivity index (χ0) is 18.6. The number of aromatic nitrogens is 1. The van der Waals surface area contributed by atoms with Crippen molar-refractivity contribution in [3.63, 3.8) is 0 Å². The number of likely N-dealkylation sites (N-methyl/N-ethyl adjacent to an activating group) is 1. The molecule has 0 fully saturated rings. The molecule has 0 saturated heterocycles. The Labute approximate surface area is 168 Å². The third-order valence-electron chi connectivity index (χ3n) is 4.72. The van der Waals surface area contributed by atoms with Crippen molar-refractivity contribution in [1.29, 1.82) is 0 Å². The summed E-state index contributed by atoms with van der Waals surface area (Å²) >= 11 is 3.56. The number of hydrogen-bond donors (Lipinski definition) is 0. The summed E-state index contributed by atoms with van der Waals surface area (Å²) in [6, 6.07) is 18.8. The second-order valence-electron chi connectivity index (χ2n) is 6.51. The maximum absolute atomic E-state index is 4.81. The van der Waals surface area contributed by atoms with Gasteiger partial charge in [0.25, 0.3) is 0 Å². The Morgan fingerprint density at radius 2 is 1.89 bits per heavy atom. The average Bonchev–Trinajstić information content (AvgIpc) is 2.86. The highest BCUT2D eigenvalue weighted by Crippen LogP contribution is 2.27. The largest absolute Gasteiger partial charge is 0.372 e. The van der Waals surface area contributed by atoms with Gasteiger partial charge < -0.3 is 4.90 Å². The van der Waals surface area contributed by atoms with Crippen molar-refractivity contribution in [3.05, 3.63) is 88.7 Å². The van der Waals surface area contributed by atoms with E-state index < -0.39 is 0 Å². The number of allylic oxidation sites excluding steroid dienone is 1. The van der Waals surface area contributed by atoms with E-state index in [-0.39, 0.29) is 0 Å². The highest BCUT2D eigenvalue weighted by molar-refractivity contribution is 9.10. The predicted octanol–water partition coefficient (Wildman–Crippen LogP) is 5.46. The lowest BCUT2D eigenvalue weighted by atomic mass is 10.0. The summed E-state index contributed by atoms with van der Waals surface area (Å²) in [5.41, 5.74) is 6.79. The average molecular weight is 418 g/mol. The summed E-state index contributed by atoms with van der Waals surface area (Å²) < 4.78 is 1.07. The number of benzodiazepines with no additional fused rings is 1. The topological polar surface area (TPSA) is 28.5 Å². The van der Waals surface area contributed by atoms with Crippen LogP contribution in [0.25, 0.3) is 17.2 Å². The van der Waals surface area contributed by atoms with Crippen molar-refractivity contribution in [2.24, 2.45) is 4.99 Å². The zero-order valence-corrected chi connectivity index (χ0v) is 16.7. The molecule has 134 valence electrons. The fourth-order valence-electron chi connectivity index (χ4n) is 3.32. The van der Waals surface area contributed by atoms with Crippen LogP contribution in [0.2, 0.25) is 0 Å². The van der Waals surface area contributed by atoms with Gasteiger partial charge in [0.15, 0.2) is 0 Å². The molecule has 0 N–H and O–H groups in total. The number of fused-ring (bicyclic) bond motifs is 1. The van der Waals surface area contributed by atoms with Crippen molar-refractivity contribution in [1.82, 2.24) is 4.98 Å². The smallest absolute Gasteiger partial charge is 0.0668 e. The Bertz CT molecular complexity index is 1020. The van der Waals surface area contributed by atoms with E-state index in [0.717, 1.165) is 40.0 Å². The van der Waals surface area contributed by atoms with Gasteiger partial charge in [0.2, 0.25) is 0 Å². The molecular formula is C23H20BrN3. The third kappa shape index (κ3) is 3.86. The molecule has 0 bridgehead atoms. The van der Waals surface area contributed by atoms with Crippen LogP contribution in [-0.4, -0.2) is 30.8 Å². The number of anilines is 1. The van der Waals surface area contributed by atoms with Gasteiger partial charge in [-0.2, -0.15) is 0 Å². The van der Waals surface area contributed by atoms with Crippen molar-refractivity contribution < 1.29 is 0 Å². The van der Waals surface area contributed by atoms with Crippen molar-refractivity contribution in [3.8, 4) is 11.1 Å². The van der Waals surface area contributed by atoms with E-state index in [2.05, 4.69) is 93.5 Å². The number of hydrogen-bond acceptors (Lipinski definition) is 3. The molecular weight excluding hydrogens is 398 g/mol. The summed E-state index contributed by atoms with van der Waals surface area (Å²) in [5, 5.41) is 0. The van der Waals surface area contributed by atoms with E-state index in [1.807, 2.05) is 18.5 Å². The van der Waals surface area contributed by atoms with Crippen LogP contribution in [0.15, 0.2) is 82.5 Å². The number of pyridine rings is 1. The fraction of sp³-hybridized carbons (Fsp3) is 0.130. The number of rotatable bonds is 3. The van der Waals surface area contributed by atoms with E-state index in [9.17, 15) is 0 Å². The maximum atomic E-state index is 4.81. The van der Waals surface area contributed by atoms with Gasteiger partial charge in [-0.05, 0) is 41.5 Å². The van der Waals surface area contributed by atoms with Crippen LogP contribution in [-0.2, 0) is 0 Å². The van der Waals surface area contributed by atoms with Crippen LogP contribution < -0.4 is 4.90 Å². The van der Waals surface area contributed by atoms with E-state index in [1.165, 1.54) is 11.3 Å². The van der Waals surface area contributed by atoms with Gasteiger partial charge >= 0.3 is 0 Å². The van der Waals surface area contributed by atoms with Crippen LogP contribution in [0.1, 0.15) is 11.1 Å². The summed E-state index contributed by atoms with van der Waals surface area (Å²) in [5.74, 6) is 0.